The highest BCUT2D eigenvalue weighted by Crippen LogP contribution is 2.32. The van der Waals surface area contributed by atoms with Gasteiger partial charge in [0.15, 0.2) is 0 Å². The number of thiophene rings is 1. The number of rotatable bonds is 5. The Hall–Kier alpha value is -1.65. The number of H-pyrrole nitrogens is 1. The van der Waals surface area contributed by atoms with Crippen LogP contribution >= 0.6 is 11.3 Å². The number of fused-ring (bicyclic) bond motifs is 1. The van der Waals surface area contributed by atoms with Crippen molar-refractivity contribution in [3.8, 4) is 10.6 Å². The van der Waals surface area contributed by atoms with Crippen molar-refractivity contribution in [1.82, 2.24) is 9.97 Å². The third-order valence-corrected chi connectivity index (χ3v) is 4.66. The van der Waals surface area contributed by atoms with E-state index in [-0.39, 0.29) is 6.04 Å². The molecule has 0 aliphatic rings. The summed E-state index contributed by atoms with van der Waals surface area (Å²) in [7, 11) is 0. The van der Waals surface area contributed by atoms with Gasteiger partial charge in [0, 0.05) is 4.70 Å². The van der Waals surface area contributed by atoms with Gasteiger partial charge in [-0.05, 0) is 23.9 Å². The van der Waals surface area contributed by atoms with E-state index < -0.39 is 0 Å². The number of nitrogens with zero attached hydrogens (tertiary/aromatic N) is 1. The van der Waals surface area contributed by atoms with E-state index in [9.17, 15) is 0 Å². The third-order valence-electron chi connectivity index (χ3n) is 3.51. The summed E-state index contributed by atoms with van der Waals surface area (Å²) in [5.74, 6) is 0.894. The van der Waals surface area contributed by atoms with Crippen LogP contribution in [-0.2, 0) is 0 Å². The van der Waals surface area contributed by atoms with Crippen molar-refractivity contribution < 1.29 is 0 Å². The molecule has 0 saturated carbocycles. The van der Waals surface area contributed by atoms with Gasteiger partial charge in [0.25, 0.3) is 0 Å². The first-order valence-electron chi connectivity index (χ1n) is 7.07. The molecule has 0 fully saturated rings. The number of unbranched alkanes of at least 4 members (excludes halogenated alkanes) is 1. The summed E-state index contributed by atoms with van der Waals surface area (Å²) in [6.07, 6.45) is 5.18. The first-order chi connectivity index (χ1) is 9.78. The van der Waals surface area contributed by atoms with Crippen LogP contribution in [0.25, 0.3) is 20.7 Å². The SMILES string of the molecule is CCCCC(N)c1ncc(-c2cc3ccccc3s2)[nH]1. The molecule has 20 heavy (non-hydrogen) atoms. The minimum atomic E-state index is 0.0121. The maximum Gasteiger partial charge on any atom is 0.123 e. The van der Waals surface area contributed by atoms with Crippen LogP contribution < -0.4 is 5.73 Å². The van der Waals surface area contributed by atoms with Gasteiger partial charge in [-0.2, -0.15) is 0 Å². The molecule has 4 heteroatoms. The van der Waals surface area contributed by atoms with Gasteiger partial charge in [-0.25, -0.2) is 4.98 Å². The lowest BCUT2D eigenvalue weighted by molar-refractivity contribution is 0.580. The second-order valence-electron chi connectivity index (χ2n) is 5.08. The second-order valence-corrected chi connectivity index (χ2v) is 6.16. The summed E-state index contributed by atoms with van der Waals surface area (Å²) in [6, 6.07) is 10.6. The average Bonchev–Trinajstić information content (AvgIpc) is 3.10. The highest BCUT2D eigenvalue weighted by Gasteiger charge is 2.12. The molecule has 3 N–H and O–H groups in total. The van der Waals surface area contributed by atoms with E-state index in [2.05, 4.69) is 47.2 Å². The Morgan fingerprint density at radius 1 is 1.35 bits per heavy atom. The fraction of sp³-hybridized carbons (Fsp3) is 0.312. The fourth-order valence-electron chi connectivity index (χ4n) is 2.33. The van der Waals surface area contributed by atoms with E-state index in [4.69, 9.17) is 5.73 Å². The van der Waals surface area contributed by atoms with Crippen LogP contribution in [0, 0.1) is 0 Å². The van der Waals surface area contributed by atoms with Crippen molar-refractivity contribution in [1.29, 1.82) is 0 Å². The quantitative estimate of drug-likeness (QED) is 0.726. The minimum absolute atomic E-state index is 0.0121. The predicted octanol–water partition coefficient (Wildman–Crippen LogP) is 4.48. The maximum absolute atomic E-state index is 6.16. The molecule has 0 saturated heterocycles. The Morgan fingerprint density at radius 2 is 2.20 bits per heavy atom. The Morgan fingerprint density at radius 3 is 3.00 bits per heavy atom. The molecule has 3 nitrogen and oxygen atoms in total. The summed E-state index contributed by atoms with van der Waals surface area (Å²) < 4.78 is 1.30. The van der Waals surface area contributed by atoms with Gasteiger partial charge >= 0.3 is 0 Å². The zero-order chi connectivity index (χ0) is 13.9. The molecule has 2 heterocycles. The number of benzene rings is 1. The number of hydrogen-bond donors (Lipinski definition) is 2. The van der Waals surface area contributed by atoms with Crippen molar-refractivity contribution in [2.24, 2.45) is 5.73 Å². The van der Waals surface area contributed by atoms with Crippen LogP contribution in [0.5, 0.6) is 0 Å². The van der Waals surface area contributed by atoms with E-state index in [0.29, 0.717) is 0 Å². The van der Waals surface area contributed by atoms with Gasteiger partial charge < -0.3 is 10.7 Å². The van der Waals surface area contributed by atoms with Gasteiger partial charge in [-0.15, -0.1) is 11.3 Å². The zero-order valence-electron chi connectivity index (χ0n) is 11.6. The van der Waals surface area contributed by atoms with Crippen LogP contribution in [0.15, 0.2) is 36.5 Å². The Balaban J connectivity index is 1.85. The molecule has 2 aromatic heterocycles. The molecule has 3 aromatic rings. The Kier molecular flexibility index (Phi) is 3.85. The van der Waals surface area contributed by atoms with E-state index in [1.165, 1.54) is 15.0 Å². The van der Waals surface area contributed by atoms with E-state index in [1.54, 1.807) is 11.3 Å². The molecule has 0 aliphatic carbocycles. The Bertz CT molecular complexity index is 665. The molecule has 0 bridgehead atoms. The average molecular weight is 285 g/mol. The van der Waals surface area contributed by atoms with Gasteiger partial charge in [-0.1, -0.05) is 38.0 Å². The van der Waals surface area contributed by atoms with Crippen molar-refractivity contribution >= 4 is 21.4 Å². The molecule has 3 rings (SSSR count). The van der Waals surface area contributed by atoms with Crippen molar-refractivity contribution in [3.63, 3.8) is 0 Å². The monoisotopic (exact) mass is 285 g/mol. The van der Waals surface area contributed by atoms with Crippen LogP contribution in [0.1, 0.15) is 38.1 Å². The van der Waals surface area contributed by atoms with Crippen LogP contribution in [0.3, 0.4) is 0 Å². The van der Waals surface area contributed by atoms with Crippen LogP contribution in [-0.4, -0.2) is 9.97 Å². The van der Waals surface area contributed by atoms with E-state index in [0.717, 1.165) is 30.8 Å². The summed E-state index contributed by atoms with van der Waals surface area (Å²) in [5.41, 5.74) is 7.22. The molecule has 0 amide bonds. The molecule has 0 aliphatic heterocycles. The molecule has 104 valence electrons. The summed E-state index contributed by atoms with van der Waals surface area (Å²) in [4.78, 5) is 9.03. The van der Waals surface area contributed by atoms with Crippen LogP contribution in [0.2, 0.25) is 0 Å². The lowest BCUT2D eigenvalue weighted by Crippen LogP contribution is -2.11. The fourth-order valence-corrected chi connectivity index (χ4v) is 3.35. The number of aromatic nitrogens is 2. The molecule has 1 unspecified atom stereocenters. The summed E-state index contributed by atoms with van der Waals surface area (Å²) in [5, 5.41) is 1.28. The maximum atomic E-state index is 6.16. The largest absolute Gasteiger partial charge is 0.340 e. The molecule has 1 atom stereocenters. The number of aromatic amines is 1. The topological polar surface area (TPSA) is 54.7 Å². The van der Waals surface area contributed by atoms with Crippen molar-refractivity contribution in [2.75, 3.05) is 0 Å². The minimum Gasteiger partial charge on any atom is -0.340 e. The first-order valence-corrected chi connectivity index (χ1v) is 7.89. The summed E-state index contributed by atoms with van der Waals surface area (Å²) in [6.45, 7) is 2.18. The van der Waals surface area contributed by atoms with Crippen molar-refractivity contribution in [2.45, 2.75) is 32.2 Å². The van der Waals surface area contributed by atoms with E-state index >= 15 is 0 Å². The van der Waals surface area contributed by atoms with Gasteiger partial charge in [0.2, 0.25) is 0 Å². The molecular weight excluding hydrogens is 266 g/mol. The van der Waals surface area contributed by atoms with Crippen molar-refractivity contribution in [3.05, 3.63) is 42.4 Å². The Labute approximate surface area is 122 Å². The highest BCUT2D eigenvalue weighted by molar-refractivity contribution is 7.22. The standard InChI is InChI=1S/C16H19N3S/c1-2-3-7-12(17)16-18-10-13(19-16)15-9-11-6-4-5-8-14(11)20-15/h4-6,8-10,12H,2-3,7,17H2,1H3,(H,18,19). The molecule has 0 spiro atoms. The predicted molar refractivity (Wildman–Crippen MR) is 85.9 cm³/mol. The third kappa shape index (κ3) is 2.62. The first kappa shape index (κ1) is 13.3. The normalized spacial score (nSPS) is 12.9. The van der Waals surface area contributed by atoms with Crippen LogP contribution in [0.4, 0.5) is 0 Å². The number of imidazole rings is 1. The van der Waals surface area contributed by atoms with Gasteiger partial charge in [0.05, 0.1) is 22.8 Å². The number of nitrogens with two attached hydrogens (primary N) is 1. The molecule has 0 radical (unpaired) electrons. The van der Waals surface area contributed by atoms with E-state index in [1.807, 2.05) is 6.20 Å². The summed E-state index contributed by atoms with van der Waals surface area (Å²) >= 11 is 1.78. The lowest BCUT2D eigenvalue weighted by atomic mass is 10.1. The smallest absolute Gasteiger partial charge is 0.123 e. The number of nitrogens with one attached hydrogen (secondary N) is 1. The van der Waals surface area contributed by atoms with Gasteiger partial charge in [0.1, 0.15) is 5.82 Å². The molecular formula is C16H19N3S. The lowest BCUT2D eigenvalue weighted by Gasteiger charge is -2.06. The zero-order valence-corrected chi connectivity index (χ0v) is 12.4. The second kappa shape index (κ2) is 5.77. The van der Waals surface area contributed by atoms with Gasteiger partial charge in [-0.3, -0.25) is 0 Å². The highest BCUT2D eigenvalue weighted by atomic mass is 32.1. The number of hydrogen-bond acceptors (Lipinski definition) is 3. The molecule has 1 aromatic carbocycles.